The SMILES string of the molecule is CC(C)(c1ccccc1)C(N)c1cc2ccccc2o1. The van der Waals surface area contributed by atoms with Crippen molar-refractivity contribution in [3.63, 3.8) is 0 Å². The Morgan fingerprint density at radius 3 is 2.30 bits per heavy atom. The van der Waals surface area contributed by atoms with E-state index in [-0.39, 0.29) is 11.5 Å². The molecular weight excluding hydrogens is 246 g/mol. The van der Waals surface area contributed by atoms with Crippen LogP contribution in [-0.2, 0) is 5.41 Å². The van der Waals surface area contributed by atoms with E-state index in [2.05, 4.69) is 26.0 Å². The number of hydrogen-bond donors (Lipinski definition) is 1. The fraction of sp³-hybridized carbons (Fsp3) is 0.222. The molecule has 20 heavy (non-hydrogen) atoms. The molecule has 3 aromatic rings. The lowest BCUT2D eigenvalue weighted by Crippen LogP contribution is -2.32. The highest BCUT2D eigenvalue weighted by Crippen LogP contribution is 2.37. The van der Waals surface area contributed by atoms with E-state index in [0.29, 0.717) is 0 Å². The van der Waals surface area contributed by atoms with E-state index >= 15 is 0 Å². The predicted octanol–water partition coefficient (Wildman–Crippen LogP) is 4.41. The van der Waals surface area contributed by atoms with Crippen molar-refractivity contribution in [2.24, 2.45) is 5.73 Å². The number of furan rings is 1. The quantitative estimate of drug-likeness (QED) is 0.761. The Kier molecular flexibility index (Phi) is 3.11. The molecule has 0 aliphatic carbocycles. The first-order chi connectivity index (χ1) is 9.59. The zero-order valence-corrected chi connectivity index (χ0v) is 11.8. The highest BCUT2D eigenvalue weighted by atomic mass is 16.3. The average molecular weight is 265 g/mol. The van der Waals surface area contributed by atoms with E-state index in [0.717, 1.165) is 16.7 Å². The summed E-state index contributed by atoms with van der Waals surface area (Å²) < 4.78 is 5.91. The van der Waals surface area contributed by atoms with Gasteiger partial charge in [0.25, 0.3) is 0 Å². The molecule has 102 valence electrons. The molecule has 0 saturated heterocycles. The third-order valence-corrected chi connectivity index (χ3v) is 4.05. The molecule has 2 aromatic carbocycles. The van der Waals surface area contributed by atoms with E-state index < -0.39 is 0 Å². The second kappa shape index (κ2) is 4.80. The van der Waals surface area contributed by atoms with Crippen molar-refractivity contribution in [3.05, 3.63) is 72.0 Å². The average Bonchev–Trinajstić information content (AvgIpc) is 2.91. The van der Waals surface area contributed by atoms with Crippen LogP contribution in [0.15, 0.2) is 65.1 Å². The molecule has 2 heteroatoms. The molecule has 0 radical (unpaired) electrons. The van der Waals surface area contributed by atoms with Crippen LogP contribution in [0.3, 0.4) is 0 Å². The highest BCUT2D eigenvalue weighted by molar-refractivity contribution is 5.77. The van der Waals surface area contributed by atoms with Crippen LogP contribution >= 0.6 is 0 Å². The van der Waals surface area contributed by atoms with Crippen LogP contribution in [0.4, 0.5) is 0 Å². The van der Waals surface area contributed by atoms with Crippen LogP contribution in [0.25, 0.3) is 11.0 Å². The van der Waals surface area contributed by atoms with Crippen LogP contribution in [0.2, 0.25) is 0 Å². The Balaban J connectivity index is 2.01. The zero-order valence-electron chi connectivity index (χ0n) is 11.8. The molecule has 1 atom stereocenters. The van der Waals surface area contributed by atoms with E-state index in [4.69, 9.17) is 10.2 Å². The van der Waals surface area contributed by atoms with Crippen LogP contribution in [0, 0.1) is 0 Å². The standard InChI is InChI=1S/C18H19NO/c1-18(2,14-9-4-3-5-10-14)17(19)16-12-13-8-6-7-11-15(13)20-16/h3-12,17H,19H2,1-2H3. The molecule has 0 saturated carbocycles. The molecule has 1 heterocycles. The van der Waals surface area contributed by atoms with Crippen LogP contribution in [0.5, 0.6) is 0 Å². The maximum absolute atomic E-state index is 6.47. The lowest BCUT2D eigenvalue weighted by molar-refractivity contribution is 0.362. The van der Waals surface area contributed by atoms with Gasteiger partial charge in [-0.2, -0.15) is 0 Å². The zero-order chi connectivity index (χ0) is 14.2. The topological polar surface area (TPSA) is 39.2 Å². The van der Waals surface area contributed by atoms with Crippen LogP contribution in [-0.4, -0.2) is 0 Å². The van der Waals surface area contributed by atoms with Crippen molar-refractivity contribution in [2.45, 2.75) is 25.3 Å². The molecule has 2 N–H and O–H groups in total. The molecule has 2 nitrogen and oxygen atoms in total. The molecule has 0 spiro atoms. The first-order valence-electron chi connectivity index (χ1n) is 6.88. The number of benzene rings is 2. The largest absolute Gasteiger partial charge is 0.459 e. The van der Waals surface area contributed by atoms with E-state index in [1.54, 1.807) is 0 Å². The fourth-order valence-electron chi connectivity index (χ4n) is 2.56. The number of nitrogens with two attached hydrogens (primary N) is 1. The van der Waals surface area contributed by atoms with E-state index in [1.807, 2.05) is 48.5 Å². The summed E-state index contributed by atoms with van der Waals surface area (Å²) in [5.41, 5.74) is 8.40. The van der Waals surface area contributed by atoms with Gasteiger partial charge in [0.05, 0.1) is 6.04 Å². The van der Waals surface area contributed by atoms with E-state index in [9.17, 15) is 0 Å². The molecular formula is C18H19NO. The van der Waals surface area contributed by atoms with Gasteiger partial charge in [0.2, 0.25) is 0 Å². The Morgan fingerprint density at radius 2 is 1.60 bits per heavy atom. The molecule has 1 unspecified atom stereocenters. The molecule has 1 aromatic heterocycles. The van der Waals surface area contributed by atoms with Gasteiger partial charge in [-0.05, 0) is 17.7 Å². The smallest absolute Gasteiger partial charge is 0.134 e. The maximum Gasteiger partial charge on any atom is 0.134 e. The number of para-hydroxylation sites is 1. The number of rotatable bonds is 3. The van der Waals surface area contributed by atoms with Gasteiger partial charge in [0.15, 0.2) is 0 Å². The first-order valence-corrected chi connectivity index (χ1v) is 6.88. The van der Waals surface area contributed by atoms with Crippen molar-refractivity contribution in [3.8, 4) is 0 Å². The minimum atomic E-state index is -0.185. The summed E-state index contributed by atoms with van der Waals surface area (Å²) in [6, 6.07) is 20.2. The molecule has 0 aliphatic heterocycles. The van der Waals surface area contributed by atoms with Crippen LogP contribution < -0.4 is 5.73 Å². The summed E-state index contributed by atoms with van der Waals surface area (Å²) in [6.45, 7) is 4.31. The minimum Gasteiger partial charge on any atom is -0.459 e. The van der Waals surface area contributed by atoms with Gasteiger partial charge >= 0.3 is 0 Å². The molecule has 0 amide bonds. The van der Waals surface area contributed by atoms with Crippen molar-refractivity contribution >= 4 is 11.0 Å². The Hall–Kier alpha value is -2.06. The minimum absolute atomic E-state index is 0.183. The normalized spacial score (nSPS) is 13.6. The van der Waals surface area contributed by atoms with Gasteiger partial charge in [-0.1, -0.05) is 62.4 Å². The molecule has 0 aliphatic rings. The van der Waals surface area contributed by atoms with E-state index in [1.165, 1.54) is 5.56 Å². The second-order valence-corrected chi connectivity index (χ2v) is 5.75. The molecule has 0 fully saturated rings. The first kappa shape index (κ1) is 12.9. The van der Waals surface area contributed by atoms with Crippen molar-refractivity contribution in [1.29, 1.82) is 0 Å². The molecule has 3 rings (SSSR count). The van der Waals surface area contributed by atoms with Gasteiger partial charge in [-0.25, -0.2) is 0 Å². The van der Waals surface area contributed by atoms with Crippen molar-refractivity contribution in [2.75, 3.05) is 0 Å². The Labute approximate surface area is 119 Å². The number of fused-ring (bicyclic) bond motifs is 1. The van der Waals surface area contributed by atoms with Gasteiger partial charge in [-0.15, -0.1) is 0 Å². The molecule has 0 bridgehead atoms. The van der Waals surface area contributed by atoms with Gasteiger partial charge in [0, 0.05) is 10.8 Å². The lowest BCUT2D eigenvalue weighted by Gasteiger charge is -2.30. The van der Waals surface area contributed by atoms with Crippen molar-refractivity contribution in [1.82, 2.24) is 0 Å². The third kappa shape index (κ3) is 2.12. The van der Waals surface area contributed by atoms with Gasteiger partial charge in [-0.3, -0.25) is 0 Å². The monoisotopic (exact) mass is 265 g/mol. The summed E-state index contributed by atoms with van der Waals surface area (Å²) in [7, 11) is 0. The Morgan fingerprint density at radius 1 is 0.950 bits per heavy atom. The summed E-state index contributed by atoms with van der Waals surface area (Å²) in [5, 5.41) is 1.10. The summed E-state index contributed by atoms with van der Waals surface area (Å²) in [5.74, 6) is 0.833. The summed E-state index contributed by atoms with van der Waals surface area (Å²) in [4.78, 5) is 0. The summed E-state index contributed by atoms with van der Waals surface area (Å²) in [6.07, 6.45) is 0. The predicted molar refractivity (Wildman–Crippen MR) is 82.6 cm³/mol. The summed E-state index contributed by atoms with van der Waals surface area (Å²) >= 11 is 0. The maximum atomic E-state index is 6.47. The van der Waals surface area contributed by atoms with Crippen LogP contribution in [0.1, 0.15) is 31.2 Å². The van der Waals surface area contributed by atoms with Crippen molar-refractivity contribution < 1.29 is 4.42 Å². The Bertz CT molecular complexity index is 679. The highest BCUT2D eigenvalue weighted by Gasteiger charge is 2.31. The van der Waals surface area contributed by atoms with Gasteiger partial charge < -0.3 is 10.2 Å². The third-order valence-electron chi connectivity index (χ3n) is 4.05. The lowest BCUT2D eigenvalue weighted by atomic mass is 9.77. The van der Waals surface area contributed by atoms with Gasteiger partial charge in [0.1, 0.15) is 11.3 Å². The number of hydrogen-bond acceptors (Lipinski definition) is 2. The fourth-order valence-corrected chi connectivity index (χ4v) is 2.56. The second-order valence-electron chi connectivity index (χ2n) is 5.75.